The van der Waals surface area contributed by atoms with Gasteiger partial charge in [-0.3, -0.25) is 20.4 Å². The van der Waals surface area contributed by atoms with Crippen LogP contribution < -0.4 is 16.4 Å². The predicted molar refractivity (Wildman–Crippen MR) is 49.6 cm³/mol. The molecule has 2 atom stereocenters. The summed E-state index contributed by atoms with van der Waals surface area (Å²) >= 11 is 0. The Kier molecular flexibility index (Phi) is 1.79. The number of aliphatic imine (C=N–C) groups is 2. The number of carbonyl (C=O) groups is 1. The second kappa shape index (κ2) is 2.76. The maximum atomic E-state index is 11.4. The minimum atomic E-state index is -1.83. The van der Waals surface area contributed by atoms with Gasteiger partial charge in [0.05, 0.1) is 6.54 Å². The van der Waals surface area contributed by atoms with Gasteiger partial charge in [-0.05, 0) is 6.92 Å². The van der Waals surface area contributed by atoms with Crippen LogP contribution in [0.5, 0.6) is 0 Å². The third-order valence-electron chi connectivity index (χ3n) is 2.09. The molecule has 2 heterocycles. The number of carbonyl (C=O) groups excluding carboxylic acids is 1. The molecule has 14 heavy (non-hydrogen) atoms. The van der Waals surface area contributed by atoms with Crippen molar-refractivity contribution in [2.75, 3.05) is 6.54 Å². The monoisotopic (exact) mass is 197 g/mol. The molecule has 1 unspecified atom stereocenters. The molecule has 0 spiro atoms. The fraction of sp³-hybridized carbons (Fsp3) is 0.571. The second-order valence-corrected chi connectivity index (χ2v) is 3.37. The number of nitrogens with one attached hydrogen (secondary N) is 2. The van der Waals surface area contributed by atoms with Gasteiger partial charge in [0, 0.05) is 6.04 Å². The van der Waals surface area contributed by atoms with E-state index in [2.05, 4.69) is 20.6 Å². The molecule has 0 saturated carbocycles. The van der Waals surface area contributed by atoms with Crippen molar-refractivity contribution in [1.82, 2.24) is 10.6 Å². The highest BCUT2D eigenvalue weighted by Gasteiger charge is 2.47. The first-order valence-corrected chi connectivity index (χ1v) is 4.23. The average molecular weight is 197 g/mol. The Morgan fingerprint density at radius 3 is 3.14 bits per heavy atom. The molecule has 0 aromatic rings. The van der Waals surface area contributed by atoms with Gasteiger partial charge in [0.15, 0.2) is 5.84 Å². The van der Waals surface area contributed by atoms with Crippen LogP contribution in [0.3, 0.4) is 0 Å². The van der Waals surface area contributed by atoms with Crippen LogP contribution in [0.4, 0.5) is 0 Å². The van der Waals surface area contributed by atoms with Crippen LogP contribution >= 0.6 is 0 Å². The lowest BCUT2D eigenvalue weighted by molar-refractivity contribution is -0.135. The van der Waals surface area contributed by atoms with Gasteiger partial charge in [-0.25, -0.2) is 0 Å². The number of amides is 1. The molecule has 0 aromatic heterocycles. The number of hydrogen-bond acceptors (Lipinski definition) is 6. The molecular weight excluding hydrogens is 186 g/mol. The zero-order valence-electron chi connectivity index (χ0n) is 7.61. The molecule has 2 rings (SSSR count). The SMILES string of the molecule is CC1CN=C2N=C(N)NC(=O)[C@]2(O)N1. The van der Waals surface area contributed by atoms with E-state index in [1.807, 2.05) is 6.92 Å². The number of guanidine groups is 1. The normalized spacial score (nSPS) is 36.7. The van der Waals surface area contributed by atoms with E-state index in [0.29, 0.717) is 6.54 Å². The fourth-order valence-electron chi connectivity index (χ4n) is 1.44. The molecule has 7 heteroatoms. The number of nitrogens with two attached hydrogens (primary N) is 1. The highest BCUT2D eigenvalue weighted by Crippen LogP contribution is 2.14. The van der Waals surface area contributed by atoms with Crippen LogP contribution in [0.25, 0.3) is 0 Å². The fourth-order valence-corrected chi connectivity index (χ4v) is 1.44. The zero-order chi connectivity index (χ0) is 10.3. The molecule has 0 bridgehead atoms. The first kappa shape index (κ1) is 9.10. The molecule has 0 fully saturated rings. The topological polar surface area (TPSA) is 112 Å². The van der Waals surface area contributed by atoms with Crippen LogP contribution in [-0.4, -0.2) is 41.1 Å². The van der Waals surface area contributed by atoms with Gasteiger partial charge in [-0.15, -0.1) is 0 Å². The first-order chi connectivity index (χ1) is 6.52. The number of nitrogens with zero attached hydrogens (tertiary/aromatic N) is 2. The average Bonchev–Trinajstić information content (AvgIpc) is 2.08. The summed E-state index contributed by atoms with van der Waals surface area (Å²) in [5.74, 6) is -0.665. The largest absolute Gasteiger partial charge is 0.369 e. The predicted octanol–water partition coefficient (Wildman–Crippen LogP) is -2.49. The molecule has 0 aromatic carbocycles. The van der Waals surface area contributed by atoms with Crippen LogP contribution in [0.1, 0.15) is 6.92 Å². The van der Waals surface area contributed by atoms with Gasteiger partial charge >= 0.3 is 0 Å². The minimum absolute atomic E-state index is 0.0249. The zero-order valence-corrected chi connectivity index (χ0v) is 7.61. The summed E-state index contributed by atoms with van der Waals surface area (Å²) in [6.45, 7) is 2.27. The number of aliphatic hydroxyl groups is 1. The van der Waals surface area contributed by atoms with Crippen molar-refractivity contribution in [3.8, 4) is 0 Å². The molecule has 1 amide bonds. The van der Waals surface area contributed by atoms with E-state index in [0.717, 1.165) is 0 Å². The van der Waals surface area contributed by atoms with E-state index in [1.54, 1.807) is 0 Å². The highest BCUT2D eigenvalue weighted by atomic mass is 16.3. The van der Waals surface area contributed by atoms with Gasteiger partial charge in [0.25, 0.3) is 11.6 Å². The molecular formula is C7H11N5O2. The Bertz CT molecular complexity index is 350. The summed E-state index contributed by atoms with van der Waals surface area (Å²) in [5, 5.41) is 14.9. The number of hydrogen-bond donors (Lipinski definition) is 4. The van der Waals surface area contributed by atoms with E-state index >= 15 is 0 Å². The molecule has 2 aliphatic rings. The van der Waals surface area contributed by atoms with Gasteiger partial charge in [-0.2, -0.15) is 4.99 Å². The van der Waals surface area contributed by atoms with Crippen LogP contribution in [0.2, 0.25) is 0 Å². The van der Waals surface area contributed by atoms with Crippen molar-refractivity contribution >= 4 is 17.7 Å². The Morgan fingerprint density at radius 1 is 1.71 bits per heavy atom. The van der Waals surface area contributed by atoms with Gasteiger partial charge in [-0.1, -0.05) is 0 Å². The third-order valence-corrected chi connectivity index (χ3v) is 2.09. The number of rotatable bonds is 0. The smallest absolute Gasteiger partial charge is 0.282 e. The summed E-state index contributed by atoms with van der Waals surface area (Å²) in [4.78, 5) is 19.2. The maximum Gasteiger partial charge on any atom is 0.282 e. The lowest BCUT2D eigenvalue weighted by Gasteiger charge is -2.35. The van der Waals surface area contributed by atoms with Crippen LogP contribution in [0, 0.1) is 0 Å². The molecule has 76 valence electrons. The summed E-state index contributed by atoms with van der Waals surface area (Å²) in [6.07, 6.45) is 0. The van der Waals surface area contributed by atoms with Crippen LogP contribution in [0.15, 0.2) is 9.98 Å². The van der Waals surface area contributed by atoms with Crippen molar-refractivity contribution < 1.29 is 9.90 Å². The summed E-state index contributed by atoms with van der Waals surface area (Å²) in [5.41, 5.74) is 3.49. The lowest BCUT2D eigenvalue weighted by atomic mass is 10.1. The van der Waals surface area contributed by atoms with Crippen molar-refractivity contribution in [3.63, 3.8) is 0 Å². The van der Waals surface area contributed by atoms with Gasteiger partial charge in [0.1, 0.15) is 0 Å². The Morgan fingerprint density at radius 2 is 2.43 bits per heavy atom. The number of fused-ring (bicyclic) bond motifs is 1. The first-order valence-electron chi connectivity index (χ1n) is 4.23. The quantitative estimate of drug-likeness (QED) is 0.344. The van der Waals surface area contributed by atoms with Crippen molar-refractivity contribution in [3.05, 3.63) is 0 Å². The van der Waals surface area contributed by atoms with E-state index in [-0.39, 0.29) is 17.8 Å². The summed E-state index contributed by atoms with van der Waals surface area (Å²) < 4.78 is 0. The van der Waals surface area contributed by atoms with Crippen LogP contribution in [-0.2, 0) is 4.79 Å². The van der Waals surface area contributed by atoms with Crippen molar-refractivity contribution in [2.24, 2.45) is 15.7 Å². The summed E-state index contributed by atoms with van der Waals surface area (Å²) in [6, 6.07) is -0.0796. The minimum Gasteiger partial charge on any atom is -0.369 e. The van der Waals surface area contributed by atoms with Gasteiger partial charge in [0.2, 0.25) is 5.96 Å². The van der Waals surface area contributed by atoms with Crippen molar-refractivity contribution in [1.29, 1.82) is 0 Å². The van der Waals surface area contributed by atoms with E-state index in [9.17, 15) is 9.90 Å². The molecule has 5 N–H and O–H groups in total. The Balaban J connectivity index is 2.45. The third kappa shape index (κ3) is 1.17. The van der Waals surface area contributed by atoms with E-state index in [4.69, 9.17) is 5.73 Å². The molecule has 0 radical (unpaired) electrons. The Labute approximate surface area is 80.1 Å². The second-order valence-electron chi connectivity index (χ2n) is 3.37. The molecule has 7 nitrogen and oxygen atoms in total. The van der Waals surface area contributed by atoms with Crippen molar-refractivity contribution in [2.45, 2.75) is 18.7 Å². The molecule has 0 aliphatic carbocycles. The van der Waals surface area contributed by atoms with E-state index in [1.165, 1.54) is 0 Å². The van der Waals surface area contributed by atoms with Gasteiger partial charge < -0.3 is 10.8 Å². The molecule has 2 aliphatic heterocycles. The highest BCUT2D eigenvalue weighted by molar-refractivity contribution is 6.21. The maximum absolute atomic E-state index is 11.4. The standard InChI is InChI=1S/C7H11N5O2/c1-3-2-9-4-7(14,12-3)5(13)11-6(8)10-4/h3,12,14H,2H2,1H3,(H3,8,9,10,11,13)/t3?,7-/m0/s1. The number of amidine groups is 1. The summed E-state index contributed by atoms with van der Waals surface area (Å²) in [7, 11) is 0. The Hall–Kier alpha value is -1.47. The lowest BCUT2D eigenvalue weighted by Crippen LogP contribution is -2.70. The molecule has 0 saturated heterocycles. The van der Waals surface area contributed by atoms with E-state index < -0.39 is 11.6 Å².